The van der Waals surface area contributed by atoms with Crippen LogP contribution in [0.3, 0.4) is 0 Å². The topological polar surface area (TPSA) is 144 Å². The fourth-order valence-electron chi connectivity index (χ4n) is 5.74. The first kappa shape index (κ1) is 22.9. The van der Waals surface area contributed by atoms with Gasteiger partial charge in [-0.3, -0.25) is 34.6 Å². The van der Waals surface area contributed by atoms with E-state index in [4.69, 9.17) is 11.6 Å². The van der Waals surface area contributed by atoms with Gasteiger partial charge in [-0.1, -0.05) is 11.6 Å². The van der Waals surface area contributed by atoms with E-state index in [1.54, 1.807) is 0 Å². The van der Waals surface area contributed by atoms with Gasteiger partial charge in [0.25, 0.3) is 29.1 Å². The lowest BCUT2D eigenvalue weighted by molar-refractivity contribution is -0.385. The van der Waals surface area contributed by atoms with Crippen LogP contribution in [0.25, 0.3) is 0 Å². The SMILES string of the molecule is O=C(c1ccc([N+](=O)[O-])cc1)N(Cc1ccc(Cl)cc1[N+](=O)[O-])N1C(=O)[C@H]2[C@H]3CC[C@@H](C3)[C@@H]2C1=O. The molecular weight excluding hydrogens is 480 g/mol. The third-order valence-electron chi connectivity index (χ3n) is 7.27. The molecule has 0 unspecified atom stereocenters. The molecule has 0 radical (unpaired) electrons. The number of hydrogen-bond donors (Lipinski definition) is 0. The summed E-state index contributed by atoms with van der Waals surface area (Å²) in [6.07, 6.45) is 2.49. The second-order valence-electron chi connectivity index (χ2n) is 9.07. The first-order valence-corrected chi connectivity index (χ1v) is 11.4. The molecule has 0 N–H and O–H groups in total. The summed E-state index contributed by atoms with van der Waals surface area (Å²) in [6, 6.07) is 8.64. The summed E-state index contributed by atoms with van der Waals surface area (Å²) in [4.78, 5) is 61.8. The third-order valence-corrected chi connectivity index (χ3v) is 7.50. The summed E-state index contributed by atoms with van der Waals surface area (Å²) < 4.78 is 0. The number of hydrazine groups is 1. The molecule has 4 atom stereocenters. The Hall–Kier alpha value is -3.86. The molecule has 0 spiro atoms. The van der Waals surface area contributed by atoms with Crippen molar-refractivity contribution in [1.29, 1.82) is 0 Å². The molecule has 5 rings (SSSR count). The van der Waals surface area contributed by atoms with E-state index >= 15 is 0 Å². The van der Waals surface area contributed by atoms with Crippen LogP contribution < -0.4 is 0 Å². The first-order valence-electron chi connectivity index (χ1n) is 11.0. The maximum absolute atomic E-state index is 13.6. The van der Waals surface area contributed by atoms with E-state index in [1.807, 2.05) is 0 Å². The zero-order chi connectivity index (χ0) is 25.0. The molecule has 180 valence electrons. The van der Waals surface area contributed by atoms with Gasteiger partial charge in [-0.2, -0.15) is 5.01 Å². The Bertz CT molecular complexity index is 1250. The number of halogens is 1. The summed E-state index contributed by atoms with van der Waals surface area (Å²) >= 11 is 5.91. The van der Waals surface area contributed by atoms with Gasteiger partial charge in [-0.05, 0) is 55.4 Å². The second kappa shape index (κ2) is 8.42. The molecule has 3 amide bonds. The highest BCUT2D eigenvalue weighted by Crippen LogP contribution is 2.56. The van der Waals surface area contributed by atoms with Crippen LogP contribution in [0.15, 0.2) is 42.5 Å². The number of nitro benzene ring substituents is 2. The van der Waals surface area contributed by atoms with Crippen LogP contribution in [-0.2, 0) is 16.1 Å². The number of nitrogens with zero attached hydrogens (tertiary/aromatic N) is 4. The third kappa shape index (κ3) is 3.72. The van der Waals surface area contributed by atoms with Gasteiger partial charge in [0, 0.05) is 28.8 Å². The molecule has 2 aromatic rings. The normalized spacial score (nSPS) is 24.5. The molecule has 3 fully saturated rings. The van der Waals surface area contributed by atoms with Gasteiger partial charge < -0.3 is 0 Å². The molecule has 3 aliphatic rings. The van der Waals surface area contributed by atoms with Gasteiger partial charge in [-0.15, -0.1) is 0 Å². The quantitative estimate of drug-likeness (QED) is 0.335. The highest BCUT2D eigenvalue weighted by atomic mass is 35.5. The van der Waals surface area contributed by atoms with E-state index in [0.29, 0.717) is 0 Å². The number of amides is 3. The van der Waals surface area contributed by atoms with Gasteiger partial charge in [0.2, 0.25) is 0 Å². The molecule has 2 saturated carbocycles. The van der Waals surface area contributed by atoms with Crippen molar-refractivity contribution >= 4 is 40.7 Å². The maximum Gasteiger partial charge on any atom is 0.275 e. The molecule has 1 aliphatic heterocycles. The monoisotopic (exact) mass is 498 g/mol. The van der Waals surface area contributed by atoms with Crippen LogP contribution in [0.1, 0.15) is 35.2 Å². The van der Waals surface area contributed by atoms with Gasteiger partial charge in [-0.25, -0.2) is 5.01 Å². The Morgan fingerprint density at radius 1 is 0.971 bits per heavy atom. The smallest absolute Gasteiger partial charge is 0.272 e. The zero-order valence-corrected chi connectivity index (χ0v) is 19.0. The lowest BCUT2D eigenvalue weighted by Gasteiger charge is -2.31. The molecule has 11 nitrogen and oxygen atoms in total. The van der Waals surface area contributed by atoms with E-state index in [2.05, 4.69) is 0 Å². The van der Waals surface area contributed by atoms with Crippen molar-refractivity contribution in [3.05, 3.63) is 78.8 Å². The van der Waals surface area contributed by atoms with Crippen LogP contribution in [0, 0.1) is 43.9 Å². The van der Waals surface area contributed by atoms with Gasteiger partial charge in [0.05, 0.1) is 33.8 Å². The van der Waals surface area contributed by atoms with Gasteiger partial charge in [0.15, 0.2) is 0 Å². The molecular formula is C23H19ClN4O7. The highest BCUT2D eigenvalue weighted by Gasteiger charge is 2.62. The van der Waals surface area contributed by atoms with Crippen molar-refractivity contribution in [2.75, 3.05) is 0 Å². The van der Waals surface area contributed by atoms with Gasteiger partial charge in [0.1, 0.15) is 0 Å². The molecule has 2 bridgehead atoms. The average molecular weight is 499 g/mol. The number of hydrogen-bond acceptors (Lipinski definition) is 7. The van der Waals surface area contributed by atoms with Crippen molar-refractivity contribution in [1.82, 2.24) is 10.0 Å². The fourth-order valence-corrected chi connectivity index (χ4v) is 5.91. The van der Waals surface area contributed by atoms with Crippen LogP contribution in [0.4, 0.5) is 11.4 Å². The average Bonchev–Trinajstić information content (AvgIpc) is 3.52. The molecule has 2 aromatic carbocycles. The van der Waals surface area contributed by atoms with Gasteiger partial charge >= 0.3 is 0 Å². The van der Waals surface area contributed by atoms with Crippen molar-refractivity contribution < 1.29 is 24.2 Å². The lowest BCUT2D eigenvalue weighted by Crippen LogP contribution is -2.50. The van der Waals surface area contributed by atoms with E-state index in [9.17, 15) is 34.6 Å². The highest BCUT2D eigenvalue weighted by molar-refractivity contribution is 6.30. The molecule has 0 aromatic heterocycles. The maximum atomic E-state index is 13.6. The number of non-ortho nitro benzene ring substituents is 1. The fraction of sp³-hybridized carbons (Fsp3) is 0.348. The van der Waals surface area contributed by atoms with Crippen molar-refractivity contribution in [3.63, 3.8) is 0 Å². The van der Waals surface area contributed by atoms with E-state index in [-0.39, 0.29) is 39.4 Å². The standard InChI is InChI=1S/C23H19ClN4O7/c24-16-6-3-15(18(10-16)28(34)35)11-25(21(29)12-4-7-17(8-5-12)27(32)33)26-22(30)19-13-1-2-14(9-13)20(19)23(26)31/h3-8,10,13-14,19-20H,1-2,9,11H2/t13-,14-,19-,20-/m0/s1. The van der Waals surface area contributed by atoms with E-state index < -0.39 is 45.9 Å². The molecule has 2 aliphatic carbocycles. The van der Waals surface area contributed by atoms with Crippen molar-refractivity contribution in [3.8, 4) is 0 Å². The van der Waals surface area contributed by atoms with Crippen LogP contribution in [0.5, 0.6) is 0 Å². The summed E-state index contributed by atoms with van der Waals surface area (Å²) in [5.41, 5.74) is -0.526. The Balaban J connectivity index is 1.55. The summed E-state index contributed by atoms with van der Waals surface area (Å²) in [7, 11) is 0. The minimum atomic E-state index is -0.779. The number of fused-ring (bicyclic) bond motifs is 5. The number of nitro groups is 2. The molecule has 1 saturated heterocycles. The predicted molar refractivity (Wildman–Crippen MR) is 121 cm³/mol. The van der Waals surface area contributed by atoms with Crippen LogP contribution in [-0.4, -0.2) is 37.6 Å². The number of benzene rings is 2. The minimum absolute atomic E-state index is 0.00662. The molecule has 35 heavy (non-hydrogen) atoms. The predicted octanol–water partition coefficient (Wildman–Crippen LogP) is 3.74. The molecule has 12 heteroatoms. The Morgan fingerprint density at radius 3 is 2.11 bits per heavy atom. The number of rotatable bonds is 6. The second-order valence-corrected chi connectivity index (χ2v) is 9.51. The van der Waals surface area contributed by atoms with Crippen LogP contribution >= 0.6 is 11.6 Å². The Kier molecular flexibility index (Phi) is 5.51. The van der Waals surface area contributed by atoms with E-state index in [0.717, 1.165) is 47.5 Å². The number of imide groups is 1. The largest absolute Gasteiger partial charge is 0.275 e. The van der Waals surface area contributed by atoms with Crippen molar-refractivity contribution in [2.24, 2.45) is 23.7 Å². The van der Waals surface area contributed by atoms with E-state index in [1.165, 1.54) is 24.3 Å². The Labute approximate surface area is 203 Å². The van der Waals surface area contributed by atoms with Crippen molar-refractivity contribution in [2.45, 2.75) is 25.8 Å². The lowest BCUT2D eigenvalue weighted by atomic mass is 9.81. The molecule has 1 heterocycles. The first-order chi connectivity index (χ1) is 16.7. The summed E-state index contributed by atoms with van der Waals surface area (Å²) in [6.45, 7) is -0.435. The minimum Gasteiger partial charge on any atom is -0.272 e. The summed E-state index contributed by atoms with van der Waals surface area (Å²) in [5.74, 6) is -2.61. The van der Waals surface area contributed by atoms with Crippen LogP contribution in [0.2, 0.25) is 5.02 Å². The summed E-state index contributed by atoms with van der Waals surface area (Å²) in [5, 5.41) is 24.5. The Morgan fingerprint density at radius 2 is 1.57 bits per heavy atom. The number of carbonyl (C=O) groups is 3. The zero-order valence-electron chi connectivity index (χ0n) is 18.2. The number of carbonyl (C=O) groups excluding carboxylic acids is 3.